The molecule has 70 valence electrons. The Bertz CT molecular complexity index is 472. The fourth-order valence-corrected chi connectivity index (χ4v) is 2.31. The van der Waals surface area contributed by atoms with Gasteiger partial charge in [0, 0.05) is 0 Å². The fraction of sp³-hybridized carbons (Fsp3) is 0. The second-order valence-electron chi connectivity index (χ2n) is 2.13. The molecule has 1 aromatic heterocycles. The molecule has 0 spiro atoms. The number of hydrogen-bond acceptors (Lipinski definition) is 5. The normalized spacial score (nSPS) is 17.4. The fourth-order valence-electron chi connectivity index (χ4n) is 0.798. The highest BCUT2D eigenvalue weighted by Crippen LogP contribution is 2.43. The molecule has 0 aromatic carbocycles. The molecule has 0 unspecified atom stereocenters. The van der Waals surface area contributed by atoms with Crippen LogP contribution in [-0.4, -0.2) is 13.4 Å². The lowest BCUT2D eigenvalue weighted by molar-refractivity contribution is 0.436. The molecule has 5 nitrogen and oxygen atoms in total. The van der Waals surface area contributed by atoms with Gasteiger partial charge in [-0.1, -0.05) is 0 Å². The van der Waals surface area contributed by atoms with Gasteiger partial charge in [-0.2, -0.15) is 0 Å². The van der Waals surface area contributed by atoms with Gasteiger partial charge in [0.05, 0.1) is 10.7 Å². The molecule has 1 aromatic rings. The average Bonchev–Trinajstić information content (AvgIpc) is 2.34. The lowest BCUT2D eigenvalue weighted by Gasteiger charge is -1.96. The van der Waals surface area contributed by atoms with Crippen molar-refractivity contribution in [1.82, 2.24) is 4.98 Å². The number of rotatable bonds is 0. The molecule has 0 fully saturated rings. The number of halogens is 2. The topological polar surface area (TPSA) is 65.5 Å². The Kier molecular flexibility index (Phi) is 2.00. The lowest BCUT2D eigenvalue weighted by atomic mass is 10.4. The zero-order valence-corrected chi connectivity index (χ0v) is 9.81. The third-order valence-corrected chi connectivity index (χ3v) is 3.90. The summed E-state index contributed by atoms with van der Waals surface area (Å²) in [6.45, 7) is 0. The van der Waals surface area contributed by atoms with Crippen LogP contribution in [0.5, 0.6) is 11.5 Å². The number of hydrogen-bond donors (Lipinski definition) is 0. The molecule has 8 heteroatoms. The molecule has 0 saturated heterocycles. The largest absolute Gasteiger partial charge is 0.501 e. The van der Waals surface area contributed by atoms with Crippen molar-refractivity contribution in [2.24, 2.45) is 0 Å². The Morgan fingerprint density at radius 3 is 2.69 bits per heavy atom. The van der Waals surface area contributed by atoms with Crippen LogP contribution in [0.2, 0.25) is 0 Å². The van der Waals surface area contributed by atoms with Crippen LogP contribution in [0, 0.1) is 0 Å². The van der Waals surface area contributed by atoms with Gasteiger partial charge in [-0.05, 0) is 31.9 Å². The Balaban J connectivity index is 2.65. The average molecular weight is 331 g/mol. The van der Waals surface area contributed by atoms with Gasteiger partial charge < -0.3 is 8.37 Å². The van der Waals surface area contributed by atoms with E-state index >= 15 is 0 Å². The van der Waals surface area contributed by atoms with Gasteiger partial charge in [-0.15, -0.1) is 8.42 Å². The maximum atomic E-state index is 10.8. The van der Waals surface area contributed by atoms with Gasteiger partial charge in [0.2, 0.25) is 11.5 Å². The van der Waals surface area contributed by atoms with Gasteiger partial charge in [-0.25, -0.2) is 4.98 Å². The summed E-state index contributed by atoms with van der Waals surface area (Å²) in [6.07, 6.45) is 1.26. The zero-order valence-electron chi connectivity index (χ0n) is 5.82. The van der Waals surface area contributed by atoms with E-state index in [0.29, 0.717) is 9.08 Å². The summed E-state index contributed by atoms with van der Waals surface area (Å²) in [6, 6.07) is 0. The van der Waals surface area contributed by atoms with Crippen LogP contribution < -0.4 is 8.37 Å². The monoisotopic (exact) mass is 329 g/mol. The predicted molar refractivity (Wildman–Crippen MR) is 49.8 cm³/mol. The lowest BCUT2D eigenvalue weighted by Crippen LogP contribution is -2.08. The first-order valence-electron chi connectivity index (χ1n) is 2.97. The third kappa shape index (κ3) is 1.53. The summed E-state index contributed by atoms with van der Waals surface area (Å²) >= 11 is 6.20. The Morgan fingerprint density at radius 2 is 2.00 bits per heavy atom. The van der Waals surface area contributed by atoms with Crippen LogP contribution >= 0.6 is 31.9 Å². The van der Waals surface area contributed by atoms with E-state index in [1.807, 2.05) is 0 Å². The maximum absolute atomic E-state index is 10.8. The van der Waals surface area contributed by atoms with Crippen molar-refractivity contribution in [2.45, 2.75) is 0 Å². The van der Waals surface area contributed by atoms with Gasteiger partial charge in [0.1, 0.15) is 4.60 Å². The smallest absolute Gasteiger partial charge is 0.347 e. The number of aromatic nitrogens is 1. The quantitative estimate of drug-likeness (QED) is 0.676. The number of fused-ring (bicyclic) bond motifs is 1. The molecular weight excluding hydrogens is 330 g/mol. The highest BCUT2D eigenvalue weighted by molar-refractivity contribution is 9.13. The molecule has 0 amide bonds. The van der Waals surface area contributed by atoms with Crippen LogP contribution in [0.3, 0.4) is 0 Å². The second-order valence-corrected chi connectivity index (χ2v) is 4.83. The first kappa shape index (κ1) is 9.22. The van der Waals surface area contributed by atoms with Crippen molar-refractivity contribution in [1.29, 1.82) is 0 Å². The van der Waals surface area contributed by atoms with Crippen LogP contribution in [0.4, 0.5) is 0 Å². The van der Waals surface area contributed by atoms with E-state index in [4.69, 9.17) is 0 Å². The van der Waals surface area contributed by atoms with Gasteiger partial charge in [0.15, 0.2) is 0 Å². The molecule has 13 heavy (non-hydrogen) atoms. The van der Waals surface area contributed by atoms with Crippen LogP contribution in [0.25, 0.3) is 0 Å². The van der Waals surface area contributed by atoms with Crippen LogP contribution in [-0.2, 0) is 10.4 Å². The van der Waals surface area contributed by atoms with Crippen molar-refractivity contribution >= 4 is 42.3 Å². The Labute approximate surface area is 90.7 Å². The van der Waals surface area contributed by atoms with E-state index in [2.05, 4.69) is 45.2 Å². The molecule has 0 aliphatic carbocycles. The molecule has 1 aliphatic heterocycles. The summed E-state index contributed by atoms with van der Waals surface area (Å²) in [5.74, 6) is 0.192. The number of nitrogens with zero attached hydrogens (tertiary/aromatic N) is 1. The van der Waals surface area contributed by atoms with Crippen molar-refractivity contribution < 1.29 is 16.8 Å². The van der Waals surface area contributed by atoms with Gasteiger partial charge in [-0.3, -0.25) is 0 Å². The predicted octanol–water partition coefficient (Wildman–Crippen LogP) is 1.62. The van der Waals surface area contributed by atoms with E-state index < -0.39 is 10.4 Å². The van der Waals surface area contributed by atoms with E-state index in [9.17, 15) is 8.42 Å². The van der Waals surface area contributed by atoms with Crippen molar-refractivity contribution in [3.05, 3.63) is 15.3 Å². The van der Waals surface area contributed by atoms with Crippen molar-refractivity contribution in [3.8, 4) is 11.5 Å². The minimum absolute atomic E-state index is 0.0788. The SMILES string of the molecule is O=S1(=O)Oc2cnc(Br)c(Br)c2O1. The number of pyridine rings is 1. The van der Waals surface area contributed by atoms with Crippen LogP contribution in [0.15, 0.2) is 15.3 Å². The molecule has 2 heterocycles. The molecule has 0 bridgehead atoms. The Morgan fingerprint density at radius 1 is 1.31 bits per heavy atom. The third-order valence-electron chi connectivity index (χ3n) is 1.28. The summed E-state index contributed by atoms with van der Waals surface area (Å²) in [5, 5.41) is 0. The van der Waals surface area contributed by atoms with E-state index in [1.165, 1.54) is 6.20 Å². The summed E-state index contributed by atoms with van der Waals surface area (Å²) in [4.78, 5) is 3.82. The molecule has 1 aliphatic rings. The first-order valence-corrected chi connectivity index (χ1v) is 5.89. The Hall–Kier alpha value is -0.340. The van der Waals surface area contributed by atoms with Gasteiger partial charge in [0.25, 0.3) is 0 Å². The molecular formula is C5HBr2NO4S. The molecule has 0 N–H and O–H groups in total. The maximum Gasteiger partial charge on any atom is 0.501 e. The highest BCUT2D eigenvalue weighted by atomic mass is 79.9. The first-order chi connectivity index (χ1) is 5.99. The summed E-state index contributed by atoms with van der Waals surface area (Å²) in [7, 11) is -3.94. The van der Waals surface area contributed by atoms with Crippen LogP contribution in [0.1, 0.15) is 0 Å². The molecule has 2 rings (SSSR count). The standard InChI is InChI=1S/C5HBr2NO4S/c6-3-4-2(1-8-5(3)7)11-13(9,10)12-4/h1H. The van der Waals surface area contributed by atoms with Gasteiger partial charge >= 0.3 is 10.4 Å². The second kappa shape index (κ2) is 2.82. The molecule has 0 radical (unpaired) electrons. The van der Waals surface area contributed by atoms with E-state index in [-0.39, 0.29) is 11.5 Å². The van der Waals surface area contributed by atoms with Crippen molar-refractivity contribution in [3.63, 3.8) is 0 Å². The minimum Gasteiger partial charge on any atom is -0.347 e. The summed E-state index contributed by atoms with van der Waals surface area (Å²) in [5.41, 5.74) is 0. The zero-order chi connectivity index (χ0) is 9.64. The minimum atomic E-state index is -3.94. The highest BCUT2D eigenvalue weighted by Gasteiger charge is 2.31. The van der Waals surface area contributed by atoms with Crippen molar-refractivity contribution in [2.75, 3.05) is 0 Å². The summed E-state index contributed by atoms with van der Waals surface area (Å²) < 4.78 is 31.6. The van der Waals surface area contributed by atoms with E-state index in [1.54, 1.807) is 0 Å². The van der Waals surface area contributed by atoms with E-state index in [0.717, 1.165) is 0 Å². The molecule has 0 saturated carbocycles. The molecule has 0 atom stereocenters.